The molecule has 0 aliphatic rings. The van der Waals surface area contributed by atoms with Crippen LogP contribution < -0.4 is 10.6 Å². The highest BCUT2D eigenvalue weighted by Gasteiger charge is 1.99. The molecule has 64 valence electrons. The van der Waals surface area contributed by atoms with Crippen molar-refractivity contribution in [2.24, 2.45) is 0 Å². The Hall–Kier alpha value is -0.570. The van der Waals surface area contributed by atoms with Crippen LogP contribution in [0, 0.1) is 0 Å². The van der Waals surface area contributed by atoms with E-state index < -0.39 is 0 Å². The third-order valence-corrected chi connectivity index (χ3v) is 1.37. The minimum absolute atomic E-state index is 0.230. The van der Waals surface area contributed by atoms with Crippen LogP contribution in [0.15, 0.2) is 12.7 Å². The molecule has 0 aromatic heterocycles. The lowest BCUT2D eigenvalue weighted by Gasteiger charge is -2.15. The SMILES string of the molecule is C=CC(C)NC(=S)NC(C)C. The van der Waals surface area contributed by atoms with E-state index in [1.807, 2.05) is 26.8 Å². The van der Waals surface area contributed by atoms with E-state index >= 15 is 0 Å². The summed E-state index contributed by atoms with van der Waals surface area (Å²) >= 11 is 5.00. The fourth-order valence-electron chi connectivity index (χ4n) is 0.570. The molecule has 0 aromatic carbocycles. The Morgan fingerprint density at radius 2 is 1.91 bits per heavy atom. The topological polar surface area (TPSA) is 24.1 Å². The first kappa shape index (κ1) is 10.4. The molecule has 0 radical (unpaired) electrons. The van der Waals surface area contributed by atoms with Gasteiger partial charge in [-0.05, 0) is 33.0 Å². The first-order valence-electron chi connectivity index (χ1n) is 3.76. The van der Waals surface area contributed by atoms with Crippen molar-refractivity contribution >= 4 is 17.3 Å². The van der Waals surface area contributed by atoms with Crippen LogP contribution in [-0.4, -0.2) is 17.2 Å². The van der Waals surface area contributed by atoms with Gasteiger partial charge in [-0.2, -0.15) is 0 Å². The number of nitrogens with one attached hydrogen (secondary N) is 2. The lowest BCUT2D eigenvalue weighted by atomic mass is 10.3. The number of hydrogen-bond acceptors (Lipinski definition) is 1. The Bertz CT molecular complexity index is 143. The predicted octanol–water partition coefficient (Wildman–Crippen LogP) is 1.43. The first-order valence-corrected chi connectivity index (χ1v) is 4.16. The fourth-order valence-corrected chi connectivity index (χ4v) is 0.991. The number of hydrogen-bond donors (Lipinski definition) is 2. The predicted molar refractivity (Wildman–Crippen MR) is 53.7 cm³/mol. The molecule has 0 spiro atoms. The largest absolute Gasteiger partial charge is 0.361 e. The molecule has 0 bridgehead atoms. The van der Waals surface area contributed by atoms with Gasteiger partial charge in [0.1, 0.15) is 0 Å². The first-order chi connectivity index (χ1) is 5.06. The van der Waals surface area contributed by atoms with Crippen LogP contribution in [0.1, 0.15) is 20.8 Å². The summed E-state index contributed by atoms with van der Waals surface area (Å²) in [5, 5.41) is 6.83. The maximum Gasteiger partial charge on any atom is 0.166 e. The molecular formula is C8H16N2S. The highest BCUT2D eigenvalue weighted by Crippen LogP contribution is 1.83. The second-order valence-electron chi connectivity index (χ2n) is 2.80. The van der Waals surface area contributed by atoms with E-state index in [0.29, 0.717) is 11.2 Å². The molecule has 0 aliphatic carbocycles. The van der Waals surface area contributed by atoms with Gasteiger partial charge in [-0.3, -0.25) is 0 Å². The van der Waals surface area contributed by atoms with E-state index in [4.69, 9.17) is 12.2 Å². The number of rotatable bonds is 3. The molecule has 3 heteroatoms. The molecule has 0 saturated carbocycles. The van der Waals surface area contributed by atoms with Gasteiger partial charge in [0.2, 0.25) is 0 Å². The summed E-state index contributed by atoms with van der Waals surface area (Å²) in [6.07, 6.45) is 1.81. The quantitative estimate of drug-likeness (QED) is 0.497. The van der Waals surface area contributed by atoms with Crippen molar-refractivity contribution in [3.63, 3.8) is 0 Å². The Morgan fingerprint density at radius 3 is 2.27 bits per heavy atom. The zero-order valence-corrected chi connectivity index (χ0v) is 8.16. The third-order valence-electron chi connectivity index (χ3n) is 1.13. The summed E-state index contributed by atoms with van der Waals surface area (Å²) in [4.78, 5) is 0. The maximum absolute atomic E-state index is 5.00. The molecule has 0 fully saturated rings. The average molecular weight is 172 g/mol. The summed E-state index contributed by atoms with van der Waals surface area (Å²) in [5.41, 5.74) is 0. The van der Waals surface area contributed by atoms with Crippen LogP contribution in [-0.2, 0) is 0 Å². The summed E-state index contributed by atoms with van der Waals surface area (Å²) in [6.45, 7) is 9.74. The van der Waals surface area contributed by atoms with Crippen LogP contribution in [0.25, 0.3) is 0 Å². The van der Waals surface area contributed by atoms with Crippen molar-refractivity contribution in [1.82, 2.24) is 10.6 Å². The smallest absolute Gasteiger partial charge is 0.166 e. The van der Waals surface area contributed by atoms with Crippen molar-refractivity contribution in [3.8, 4) is 0 Å². The standard InChI is InChI=1S/C8H16N2S/c1-5-7(4)10-8(11)9-6(2)3/h5-7H,1H2,2-4H3,(H2,9,10,11). The van der Waals surface area contributed by atoms with E-state index in [1.54, 1.807) is 0 Å². The van der Waals surface area contributed by atoms with Crippen molar-refractivity contribution in [2.75, 3.05) is 0 Å². The highest BCUT2D eigenvalue weighted by molar-refractivity contribution is 7.80. The van der Waals surface area contributed by atoms with E-state index in [1.165, 1.54) is 0 Å². The minimum Gasteiger partial charge on any atom is -0.361 e. The molecule has 0 heterocycles. The molecule has 1 atom stereocenters. The summed E-state index contributed by atoms with van der Waals surface area (Å²) < 4.78 is 0. The molecule has 0 amide bonds. The molecule has 2 nitrogen and oxygen atoms in total. The molecule has 2 N–H and O–H groups in total. The van der Waals surface area contributed by atoms with Crippen molar-refractivity contribution in [1.29, 1.82) is 0 Å². The molecular weight excluding hydrogens is 156 g/mol. The van der Waals surface area contributed by atoms with Crippen molar-refractivity contribution in [2.45, 2.75) is 32.9 Å². The second kappa shape index (κ2) is 5.13. The summed E-state index contributed by atoms with van der Waals surface area (Å²) in [5.74, 6) is 0. The van der Waals surface area contributed by atoms with Gasteiger partial charge in [0.25, 0.3) is 0 Å². The summed E-state index contributed by atoms with van der Waals surface area (Å²) in [6, 6.07) is 0.612. The zero-order chi connectivity index (χ0) is 8.85. The van der Waals surface area contributed by atoms with E-state index in [0.717, 1.165) is 0 Å². The van der Waals surface area contributed by atoms with Crippen molar-refractivity contribution < 1.29 is 0 Å². The Balaban J connectivity index is 3.60. The maximum atomic E-state index is 5.00. The number of thiocarbonyl (C=S) groups is 1. The molecule has 0 aliphatic heterocycles. The van der Waals surface area contributed by atoms with E-state index in [-0.39, 0.29) is 6.04 Å². The monoisotopic (exact) mass is 172 g/mol. The third kappa shape index (κ3) is 5.85. The minimum atomic E-state index is 0.230. The van der Waals surface area contributed by atoms with Gasteiger partial charge in [-0.1, -0.05) is 6.08 Å². The van der Waals surface area contributed by atoms with E-state index in [9.17, 15) is 0 Å². The Labute approximate surface area is 74.1 Å². The van der Waals surface area contributed by atoms with Crippen LogP contribution in [0.3, 0.4) is 0 Å². The average Bonchev–Trinajstić information content (AvgIpc) is 1.85. The summed E-state index contributed by atoms with van der Waals surface area (Å²) in [7, 11) is 0. The van der Waals surface area contributed by atoms with Gasteiger partial charge in [-0.15, -0.1) is 6.58 Å². The van der Waals surface area contributed by atoms with Crippen LogP contribution >= 0.6 is 12.2 Å². The zero-order valence-electron chi connectivity index (χ0n) is 7.35. The normalized spacial score (nSPS) is 12.4. The Morgan fingerprint density at radius 1 is 1.36 bits per heavy atom. The Kier molecular flexibility index (Phi) is 4.86. The molecule has 0 rings (SSSR count). The second-order valence-corrected chi connectivity index (χ2v) is 3.21. The van der Waals surface area contributed by atoms with Gasteiger partial charge in [-0.25, -0.2) is 0 Å². The van der Waals surface area contributed by atoms with Gasteiger partial charge in [0, 0.05) is 12.1 Å². The van der Waals surface area contributed by atoms with Crippen molar-refractivity contribution in [3.05, 3.63) is 12.7 Å². The van der Waals surface area contributed by atoms with Crippen LogP contribution in [0.2, 0.25) is 0 Å². The molecule has 0 saturated heterocycles. The molecule has 0 aromatic rings. The fraction of sp³-hybridized carbons (Fsp3) is 0.625. The van der Waals surface area contributed by atoms with Gasteiger partial charge >= 0.3 is 0 Å². The molecule has 1 unspecified atom stereocenters. The highest BCUT2D eigenvalue weighted by atomic mass is 32.1. The van der Waals surface area contributed by atoms with Crippen LogP contribution in [0.5, 0.6) is 0 Å². The van der Waals surface area contributed by atoms with Crippen LogP contribution in [0.4, 0.5) is 0 Å². The lowest BCUT2D eigenvalue weighted by molar-refractivity contribution is 0.697. The van der Waals surface area contributed by atoms with Gasteiger partial charge < -0.3 is 10.6 Å². The van der Waals surface area contributed by atoms with Gasteiger partial charge in [0.15, 0.2) is 5.11 Å². The van der Waals surface area contributed by atoms with E-state index in [2.05, 4.69) is 17.2 Å². The lowest BCUT2D eigenvalue weighted by Crippen LogP contribution is -2.42. The van der Waals surface area contributed by atoms with Gasteiger partial charge in [0.05, 0.1) is 0 Å². The molecule has 11 heavy (non-hydrogen) atoms.